The molecule has 1 heterocycles. The molecule has 108 valence electrons. The minimum atomic E-state index is 0.475. The van der Waals surface area contributed by atoms with E-state index in [4.69, 9.17) is 10.5 Å². The van der Waals surface area contributed by atoms with Gasteiger partial charge in [0.25, 0.3) is 0 Å². The van der Waals surface area contributed by atoms with Gasteiger partial charge >= 0.3 is 0 Å². The number of aryl methyl sites for hydroxylation is 1. The topological polar surface area (TPSA) is 53.1 Å². The first-order chi connectivity index (χ1) is 9.63. The molecular weight excluding hydrogens is 250 g/mol. The number of anilines is 1. The van der Waals surface area contributed by atoms with Crippen LogP contribution in [0.2, 0.25) is 0 Å². The molecule has 0 fully saturated rings. The van der Waals surface area contributed by atoms with Crippen molar-refractivity contribution in [1.29, 1.82) is 0 Å². The molecule has 0 radical (unpaired) electrons. The van der Waals surface area contributed by atoms with Gasteiger partial charge in [-0.3, -0.25) is 4.68 Å². The van der Waals surface area contributed by atoms with Gasteiger partial charge in [-0.05, 0) is 49.6 Å². The Morgan fingerprint density at radius 2 is 2.00 bits per heavy atom. The number of hydrogen-bond donors (Lipinski definition) is 1. The minimum Gasteiger partial charge on any atom is -0.487 e. The van der Waals surface area contributed by atoms with Crippen molar-refractivity contribution in [1.82, 2.24) is 9.78 Å². The van der Waals surface area contributed by atoms with Crippen molar-refractivity contribution >= 4 is 5.69 Å². The number of hydrogen-bond acceptors (Lipinski definition) is 3. The number of nitrogen functional groups attached to an aromatic ring is 1. The first-order valence-corrected chi connectivity index (χ1v) is 7.17. The molecule has 0 aliphatic heterocycles. The molecule has 0 amide bonds. The summed E-state index contributed by atoms with van der Waals surface area (Å²) in [5, 5.41) is 4.57. The lowest BCUT2D eigenvalue weighted by Crippen LogP contribution is -2.08. The molecule has 2 N–H and O–H groups in total. The maximum Gasteiger partial charge on any atom is 0.132 e. The molecule has 0 unspecified atom stereocenters. The van der Waals surface area contributed by atoms with Crippen LogP contribution in [0.4, 0.5) is 5.69 Å². The third kappa shape index (κ3) is 3.32. The van der Waals surface area contributed by atoms with Crippen molar-refractivity contribution in [3.8, 4) is 5.75 Å². The number of rotatable bonds is 6. The van der Waals surface area contributed by atoms with Gasteiger partial charge in [0.05, 0.1) is 11.7 Å². The van der Waals surface area contributed by atoms with Crippen LogP contribution in [-0.4, -0.2) is 9.78 Å². The second-order valence-electron chi connectivity index (χ2n) is 5.06. The third-order valence-corrected chi connectivity index (χ3v) is 3.61. The van der Waals surface area contributed by atoms with E-state index in [0.29, 0.717) is 12.6 Å². The highest BCUT2D eigenvalue weighted by atomic mass is 16.5. The molecule has 0 saturated carbocycles. The van der Waals surface area contributed by atoms with Crippen LogP contribution >= 0.6 is 0 Å². The first-order valence-electron chi connectivity index (χ1n) is 7.17. The quantitative estimate of drug-likeness (QED) is 0.816. The fraction of sp³-hybridized carbons (Fsp3) is 0.438. The monoisotopic (exact) mass is 273 g/mol. The Kier molecular flexibility index (Phi) is 4.66. The Morgan fingerprint density at radius 1 is 1.25 bits per heavy atom. The Hall–Kier alpha value is -1.97. The Morgan fingerprint density at radius 3 is 2.65 bits per heavy atom. The molecule has 20 heavy (non-hydrogen) atoms. The summed E-state index contributed by atoms with van der Waals surface area (Å²) >= 11 is 0. The lowest BCUT2D eigenvalue weighted by molar-refractivity contribution is 0.297. The molecule has 4 nitrogen and oxygen atoms in total. The van der Waals surface area contributed by atoms with Crippen molar-refractivity contribution < 1.29 is 4.74 Å². The molecule has 0 aliphatic carbocycles. The number of aromatic nitrogens is 2. The van der Waals surface area contributed by atoms with Crippen LogP contribution in [0.15, 0.2) is 30.5 Å². The second-order valence-corrected chi connectivity index (χ2v) is 5.06. The molecule has 2 aromatic rings. The zero-order valence-corrected chi connectivity index (χ0v) is 12.5. The fourth-order valence-corrected chi connectivity index (χ4v) is 2.22. The van der Waals surface area contributed by atoms with E-state index in [0.717, 1.165) is 35.5 Å². The van der Waals surface area contributed by atoms with E-state index in [1.807, 2.05) is 42.1 Å². The summed E-state index contributed by atoms with van der Waals surface area (Å²) in [4.78, 5) is 0. The third-order valence-electron chi connectivity index (χ3n) is 3.61. The summed E-state index contributed by atoms with van der Waals surface area (Å²) < 4.78 is 7.79. The van der Waals surface area contributed by atoms with Crippen LogP contribution in [-0.2, 0) is 6.61 Å². The molecule has 0 spiro atoms. The Balaban J connectivity index is 1.98. The van der Waals surface area contributed by atoms with Crippen molar-refractivity contribution in [2.45, 2.75) is 46.3 Å². The molecule has 2 rings (SSSR count). The second kappa shape index (κ2) is 6.46. The van der Waals surface area contributed by atoms with Gasteiger partial charge in [-0.2, -0.15) is 5.10 Å². The van der Waals surface area contributed by atoms with Crippen LogP contribution in [0.1, 0.15) is 44.0 Å². The number of nitrogens with zero attached hydrogens (tertiary/aromatic N) is 2. The Labute approximate surface area is 120 Å². The predicted molar refractivity (Wildman–Crippen MR) is 81.8 cm³/mol. The molecule has 1 aromatic heterocycles. The van der Waals surface area contributed by atoms with Gasteiger partial charge in [0.2, 0.25) is 0 Å². The molecule has 0 saturated heterocycles. The van der Waals surface area contributed by atoms with E-state index in [-0.39, 0.29) is 0 Å². The number of nitrogens with two attached hydrogens (primary N) is 1. The summed E-state index contributed by atoms with van der Waals surface area (Å²) in [6.45, 7) is 6.83. The summed E-state index contributed by atoms with van der Waals surface area (Å²) in [6.07, 6.45) is 4.22. The summed E-state index contributed by atoms with van der Waals surface area (Å²) in [5.74, 6) is 0.828. The maximum atomic E-state index is 5.79. The van der Waals surface area contributed by atoms with Crippen LogP contribution < -0.4 is 10.5 Å². The number of benzene rings is 1. The van der Waals surface area contributed by atoms with Crippen molar-refractivity contribution in [3.63, 3.8) is 0 Å². The zero-order valence-electron chi connectivity index (χ0n) is 12.5. The van der Waals surface area contributed by atoms with E-state index in [2.05, 4.69) is 18.9 Å². The highest BCUT2D eigenvalue weighted by Gasteiger charge is 2.08. The standard InChI is InChI=1S/C16H23N3O/c1-4-14(5-2)19-9-8-13(18-19)11-20-15-6-7-16(17)12(3)10-15/h6-10,14H,4-5,11,17H2,1-3H3. The lowest BCUT2D eigenvalue weighted by atomic mass is 10.2. The van der Waals surface area contributed by atoms with Crippen molar-refractivity contribution in [3.05, 3.63) is 41.7 Å². The van der Waals surface area contributed by atoms with Gasteiger partial charge in [-0.1, -0.05) is 13.8 Å². The van der Waals surface area contributed by atoms with E-state index >= 15 is 0 Å². The summed E-state index contributed by atoms with van der Waals surface area (Å²) in [6, 6.07) is 8.20. The van der Waals surface area contributed by atoms with Gasteiger partial charge in [0.1, 0.15) is 12.4 Å². The largest absolute Gasteiger partial charge is 0.487 e. The van der Waals surface area contributed by atoms with Crippen molar-refractivity contribution in [2.24, 2.45) is 0 Å². The molecule has 1 aromatic carbocycles. The first kappa shape index (κ1) is 14.4. The van der Waals surface area contributed by atoms with E-state index in [9.17, 15) is 0 Å². The predicted octanol–water partition coefficient (Wildman–Crippen LogP) is 3.71. The van der Waals surface area contributed by atoms with Crippen molar-refractivity contribution in [2.75, 3.05) is 5.73 Å². The minimum absolute atomic E-state index is 0.475. The van der Waals surface area contributed by atoms with Gasteiger partial charge in [0.15, 0.2) is 0 Å². The normalized spacial score (nSPS) is 11.0. The smallest absolute Gasteiger partial charge is 0.132 e. The van der Waals surface area contributed by atoms with Crippen LogP contribution in [0.25, 0.3) is 0 Å². The SMILES string of the molecule is CCC(CC)n1ccc(COc2ccc(N)c(C)c2)n1. The number of ether oxygens (including phenoxy) is 1. The average Bonchev–Trinajstić information content (AvgIpc) is 2.90. The summed E-state index contributed by atoms with van der Waals surface area (Å²) in [5.41, 5.74) is 8.56. The van der Waals surface area contributed by atoms with Gasteiger partial charge in [-0.25, -0.2) is 0 Å². The van der Waals surface area contributed by atoms with E-state index < -0.39 is 0 Å². The lowest BCUT2D eigenvalue weighted by Gasteiger charge is -2.12. The molecule has 0 bridgehead atoms. The molecule has 4 heteroatoms. The van der Waals surface area contributed by atoms with Gasteiger partial charge in [0, 0.05) is 11.9 Å². The highest BCUT2D eigenvalue weighted by molar-refractivity contribution is 5.49. The molecule has 0 aliphatic rings. The van der Waals surface area contributed by atoms with Crippen LogP contribution in [0, 0.1) is 6.92 Å². The molecular formula is C16H23N3O. The fourth-order valence-electron chi connectivity index (χ4n) is 2.22. The van der Waals surface area contributed by atoms with Crippen LogP contribution in [0.5, 0.6) is 5.75 Å². The van der Waals surface area contributed by atoms with E-state index in [1.54, 1.807) is 0 Å². The average molecular weight is 273 g/mol. The van der Waals surface area contributed by atoms with Crippen LogP contribution in [0.3, 0.4) is 0 Å². The molecule has 0 atom stereocenters. The summed E-state index contributed by atoms with van der Waals surface area (Å²) in [7, 11) is 0. The zero-order chi connectivity index (χ0) is 14.5. The maximum absolute atomic E-state index is 5.79. The van der Waals surface area contributed by atoms with Gasteiger partial charge in [-0.15, -0.1) is 0 Å². The Bertz CT molecular complexity index is 559. The van der Waals surface area contributed by atoms with Gasteiger partial charge < -0.3 is 10.5 Å². The highest BCUT2D eigenvalue weighted by Crippen LogP contribution is 2.20. The van der Waals surface area contributed by atoms with E-state index in [1.165, 1.54) is 0 Å².